The number of rotatable bonds is 5. The average Bonchev–Trinajstić information content (AvgIpc) is 3.38. The number of carbonyl (C=O) groups is 3. The van der Waals surface area contributed by atoms with Gasteiger partial charge >= 0.3 is 6.03 Å². The lowest BCUT2D eigenvalue weighted by atomic mass is 10.1. The van der Waals surface area contributed by atoms with Gasteiger partial charge in [0.1, 0.15) is 17.0 Å². The van der Waals surface area contributed by atoms with Crippen molar-refractivity contribution < 1.29 is 24.0 Å². The van der Waals surface area contributed by atoms with E-state index in [9.17, 15) is 24.5 Å². The highest BCUT2D eigenvalue weighted by Crippen LogP contribution is 2.33. The molecule has 1 saturated heterocycles. The molecule has 4 amide bonds. The van der Waals surface area contributed by atoms with Crippen LogP contribution < -0.4 is 10.1 Å². The van der Waals surface area contributed by atoms with E-state index in [1.807, 2.05) is 0 Å². The number of urea groups is 1. The van der Waals surface area contributed by atoms with Gasteiger partial charge in [-0.1, -0.05) is 12.8 Å². The van der Waals surface area contributed by atoms with Crippen molar-refractivity contribution in [3.8, 4) is 11.4 Å². The number of hydrogen-bond donors (Lipinski definition) is 1. The normalized spacial score (nSPS) is 18.2. The number of carbonyl (C=O) groups excluding carboxylic acids is 3. The van der Waals surface area contributed by atoms with Crippen LogP contribution in [0.15, 0.2) is 29.8 Å². The van der Waals surface area contributed by atoms with Gasteiger partial charge in [-0.3, -0.25) is 29.9 Å². The Morgan fingerprint density at radius 3 is 2.48 bits per heavy atom. The summed E-state index contributed by atoms with van der Waals surface area (Å²) in [5, 5.41) is 13.9. The Balaban J connectivity index is 1.77. The fraction of sp³-hybridized carbons (Fsp3) is 0.348. The number of imide groups is 2. The first-order valence-electron chi connectivity index (χ1n) is 10.6. The fourth-order valence-electron chi connectivity index (χ4n) is 4.59. The van der Waals surface area contributed by atoms with Gasteiger partial charge in [0.25, 0.3) is 17.5 Å². The Bertz CT molecular complexity index is 1210. The van der Waals surface area contributed by atoms with Gasteiger partial charge in [0.05, 0.1) is 18.1 Å². The zero-order valence-electron chi connectivity index (χ0n) is 18.6. The number of methoxy groups -OCH3 is 1. The first kappa shape index (κ1) is 22.3. The molecule has 1 aromatic heterocycles. The third kappa shape index (κ3) is 3.88. The molecule has 0 atom stereocenters. The van der Waals surface area contributed by atoms with E-state index >= 15 is 0 Å². The summed E-state index contributed by atoms with van der Waals surface area (Å²) in [6, 6.07) is 5.40. The molecular weight excluding hydrogens is 428 g/mol. The molecule has 0 spiro atoms. The lowest BCUT2D eigenvalue weighted by molar-refractivity contribution is -0.384. The lowest BCUT2D eigenvalue weighted by Crippen LogP contribution is -2.57. The molecule has 1 aromatic carbocycles. The number of aryl methyl sites for hydroxylation is 1. The van der Waals surface area contributed by atoms with Crippen molar-refractivity contribution in [1.82, 2.24) is 14.8 Å². The zero-order valence-corrected chi connectivity index (χ0v) is 18.6. The van der Waals surface area contributed by atoms with Crippen LogP contribution >= 0.6 is 0 Å². The Morgan fingerprint density at radius 1 is 1.15 bits per heavy atom. The number of barbiturate groups is 1. The second-order valence-corrected chi connectivity index (χ2v) is 8.20. The Morgan fingerprint density at radius 2 is 1.85 bits per heavy atom. The summed E-state index contributed by atoms with van der Waals surface area (Å²) in [6.45, 7) is 3.53. The smallest absolute Gasteiger partial charge is 0.331 e. The van der Waals surface area contributed by atoms with E-state index in [1.165, 1.54) is 19.3 Å². The van der Waals surface area contributed by atoms with Crippen molar-refractivity contribution in [3.05, 3.63) is 56.9 Å². The summed E-state index contributed by atoms with van der Waals surface area (Å²) in [5.74, 6) is -1.01. The summed E-state index contributed by atoms with van der Waals surface area (Å²) in [5.41, 5.74) is 1.91. The van der Waals surface area contributed by atoms with Gasteiger partial charge in [-0.25, -0.2) is 4.79 Å². The van der Waals surface area contributed by atoms with Gasteiger partial charge in [-0.2, -0.15) is 0 Å². The minimum atomic E-state index is -0.750. The van der Waals surface area contributed by atoms with E-state index in [0.29, 0.717) is 28.4 Å². The molecule has 0 bridgehead atoms. The third-order valence-corrected chi connectivity index (χ3v) is 6.21. The molecule has 4 rings (SSSR count). The maximum Gasteiger partial charge on any atom is 0.331 e. The molecule has 33 heavy (non-hydrogen) atoms. The van der Waals surface area contributed by atoms with Gasteiger partial charge < -0.3 is 9.30 Å². The summed E-state index contributed by atoms with van der Waals surface area (Å²) in [4.78, 5) is 50.3. The predicted octanol–water partition coefficient (Wildman–Crippen LogP) is 3.42. The van der Waals surface area contributed by atoms with Crippen LogP contribution in [0.1, 0.15) is 42.6 Å². The third-order valence-electron chi connectivity index (χ3n) is 6.21. The van der Waals surface area contributed by atoms with Crippen molar-refractivity contribution in [3.63, 3.8) is 0 Å². The second-order valence-electron chi connectivity index (χ2n) is 8.20. The highest BCUT2D eigenvalue weighted by Gasteiger charge is 2.40. The summed E-state index contributed by atoms with van der Waals surface area (Å²) in [7, 11) is 1.43. The van der Waals surface area contributed by atoms with E-state index < -0.39 is 22.8 Å². The molecule has 1 aliphatic heterocycles. The fourth-order valence-corrected chi connectivity index (χ4v) is 4.59. The van der Waals surface area contributed by atoms with Crippen molar-refractivity contribution in [1.29, 1.82) is 0 Å². The van der Waals surface area contributed by atoms with Gasteiger partial charge in [-0.05, 0) is 56.5 Å². The van der Waals surface area contributed by atoms with E-state index in [0.717, 1.165) is 30.6 Å². The van der Waals surface area contributed by atoms with Crippen molar-refractivity contribution in [2.75, 3.05) is 7.11 Å². The lowest BCUT2D eigenvalue weighted by Gasteiger charge is -2.31. The molecule has 2 heterocycles. The number of aromatic nitrogens is 1. The zero-order chi connectivity index (χ0) is 23.9. The SMILES string of the molecule is COc1ccc(-n2c(C)cc(/C=C3\C(=O)NC(=O)N(C4CCCC4)C3=O)c2C)c([N+](=O)[O-])c1. The predicted molar refractivity (Wildman–Crippen MR) is 119 cm³/mol. The molecule has 1 saturated carbocycles. The molecule has 2 fully saturated rings. The minimum Gasteiger partial charge on any atom is -0.496 e. The molecule has 172 valence electrons. The quantitative estimate of drug-likeness (QED) is 0.321. The van der Waals surface area contributed by atoms with E-state index in [2.05, 4.69) is 5.32 Å². The Kier molecular flexibility index (Phi) is 5.75. The van der Waals surface area contributed by atoms with E-state index in [-0.39, 0.29) is 17.3 Å². The van der Waals surface area contributed by atoms with Crippen LogP contribution in [0.4, 0.5) is 10.5 Å². The first-order chi connectivity index (χ1) is 15.7. The van der Waals surface area contributed by atoms with Crippen LogP contribution in [-0.4, -0.2) is 45.4 Å². The topological polar surface area (TPSA) is 124 Å². The van der Waals surface area contributed by atoms with Gasteiger partial charge in [0.15, 0.2) is 0 Å². The molecular formula is C23H24N4O6. The Hall–Kier alpha value is -3.95. The van der Waals surface area contributed by atoms with Gasteiger partial charge in [0.2, 0.25) is 0 Å². The molecule has 1 N–H and O–H groups in total. The maximum absolute atomic E-state index is 13.1. The number of nitro benzene ring substituents is 1. The maximum atomic E-state index is 13.1. The van der Waals surface area contributed by atoms with Crippen molar-refractivity contribution in [2.45, 2.75) is 45.6 Å². The molecule has 10 heteroatoms. The van der Waals surface area contributed by atoms with Gasteiger partial charge in [-0.15, -0.1) is 0 Å². The standard InChI is InChI=1S/C23H24N4O6/c1-13-10-15(14(2)25(13)19-9-8-17(33-3)12-20(19)27(31)32)11-18-21(28)24-23(30)26(22(18)29)16-6-4-5-7-16/h8-12,16H,4-7H2,1-3H3,(H,24,28,30)/b18-11+. The average molecular weight is 452 g/mol. The van der Waals surface area contributed by atoms with Crippen LogP contribution in [0, 0.1) is 24.0 Å². The monoisotopic (exact) mass is 452 g/mol. The van der Waals surface area contributed by atoms with Crippen molar-refractivity contribution in [2.24, 2.45) is 0 Å². The first-order valence-corrected chi connectivity index (χ1v) is 10.6. The molecule has 10 nitrogen and oxygen atoms in total. The number of benzene rings is 1. The van der Waals surface area contributed by atoms with Crippen LogP contribution in [0.25, 0.3) is 11.8 Å². The van der Waals surface area contributed by atoms with Crippen molar-refractivity contribution >= 4 is 29.6 Å². The van der Waals surface area contributed by atoms with Crippen LogP contribution in [-0.2, 0) is 9.59 Å². The van der Waals surface area contributed by atoms with Crippen LogP contribution in [0.5, 0.6) is 5.75 Å². The van der Waals surface area contributed by atoms with E-state index in [1.54, 1.807) is 36.6 Å². The molecule has 0 unspecified atom stereocenters. The van der Waals surface area contributed by atoms with Crippen LogP contribution in [0.3, 0.4) is 0 Å². The number of amides is 4. The largest absolute Gasteiger partial charge is 0.496 e. The molecule has 2 aromatic rings. The second kappa shape index (κ2) is 8.53. The highest BCUT2D eigenvalue weighted by molar-refractivity contribution is 6.31. The number of nitro groups is 1. The van der Waals surface area contributed by atoms with Crippen LogP contribution in [0.2, 0.25) is 0 Å². The summed E-state index contributed by atoms with van der Waals surface area (Å²) >= 11 is 0. The number of nitrogens with one attached hydrogen (secondary N) is 1. The molecule has 1 aliphatic carbocycles. The molecule has 2 aliphatic rings. The number of hydrogen-bond acceptors (Lipinski definition) is 6. The van der Waals surface area contributed by atoms with Gasteiger partial charge in [0, 0.05) is 17.4 Å². The van der Waals surface area contributed by atoms with E-state index in [4.69, 9.17) is 4.74 Å². The molecule has 0 radical (unpaired) electrons. The summed E-state index contributed by atoms with van der Waals surface area (Å²) < 4.78 is 6.80. The number of ether oxygens (including phenoxy) is 1. The Labute approximate surface area is 190 Å². The minimum absolute atomic E-state index is 0.133. The highest BCUT2D eigenvalue weighted by atomic mass is 16.6. The summed E-state index contributed by atoms with van der Waals surface area (Å²) in [6.07, 6.45) is 4.74. The number of nitrogens with zero attached hydrogens (tertiary/aromatic N) is 3.